The van der Waals surface area contributed by atoms with Crippen molar-refractivity contribution in [2.75, 3.05) is 14.2 Å². The summed E-state index contributed by atoms with van der Waals surface area (Å²) in [5.74, 6) is 0.0813. The monoisotopic (exact) mass is 362 g/mol. The first kappa shape index (κ1) is 18.3. The van der Waals surface area contributed by atoms with Gasteiger partial charge in [0.2, 0.25) is 0 Å². The molecule has 0 radical (unpaired) electrons. The van der Waals surface area contributed by atoms with Gasteiger partial charge in [-0.3, -0.25) is 4.79 Å². The SMILES string of the molecule is COC(=O)Oc1ccc(/C=N\NC(=O)c2ccccc2Cl)cc1OC. The van der Waals surface area contributed by atoms with Crippen molar-refractivity contribution in [2.45, 2.75) is 0 Å². The predicted molar refractivity (Wildman–Crippen MR) is 92.5 cm³/mol. The number of nitrogens with one attached hydrogen (secondary N) is 1. The highest BCUT2D eigenvalue weighted by Gasteiger charge is 2.11. The average Bonchev–Trinajstić information content (AvgIpc) is 2.62. The van der Waals surface area contributed by atoms with Gasteiger partial charge in [-0.1, -0.05) is 23.7 Å². The summed E-state index contributed by atoms with van der Waals surface area (Å²) in [6, 6.07) is 11.4. The summed E-state index contributed by atoms with van der Waals surface area (Å²) < 4.78 is 14.5. The number of amides is 1. The van der Waals surface area contributed by atoms with E-state index in [-0.39, 0.29) is 5.75 Å². The molecule has 0 saturated heterocycles. The maximum Gasteiger partial charge on any atom is 0.513 e. The second-order valence-corrected chi connectivity index (χ2v) is 5.05. The maximum atomic E-state index is 12.0. The minimum atomic E-state index is -0.855. The molecule has 0 atom stereocenters. The van der Waals surface area contributed by atoms with Gasteiger partial charge in [0.05, 0.1) is 31.0 Å². The lowest BCUT2D eigenvalue weighted by Gasteiger charge is -2.08. The third-order valence-corrected chi connectivity index (χ3v) is 3.38. The van der Waals surface area contributed by atoms with Crippen LogP contribution in [0.1, 0.15) is 15.9 Å². The fourth-order valence-corrected chi connectivity index (χ4v) is 2.07. The molecular formula is C17H15ClN2O5. The van der Waals surface area contributed by atoms with E-state index in [4.69, 9.17) is 21.1 Å². The zero-order valence-corrected chi connectivity index (χ0v) is 14.2. The minimum absolute atomic E-state index is 0.201. The van der Waals surface area contributed by atoms with Crippen molar-refractivity contribution in [1.29, 1.82) is 0 Å². The van der Waals surface area contributed by atoms with E-state index in [9.17, 15) is 9.59 Å². The zero-order valence-electron chi connectivity index (χ0n) is 13.5. The van der Waals surface area contributed by atoms with E-state index in [0.29, 0.717) is 21.9 Å². The number of methoxy groups -OCH3 is 2. The molecule has 25 heavy (non-hydrogen) atoms. The lowest BCUT2D eigenvalue weighted by Crippen LogP contribution is -2.17. The van der Waals surface area contributed by atoms with E-state index in [1.165, 1.54) is 26.5 Å². The molecule has 0 spiro atoms. The first-order valence-corrected chi connectivity index (χ1v) is 7.44. The van der Waals surface area contributed by atoms with E-state index >= 15 is 0 Å². The molecule has 2 rings (SSSR count). The molecule has 2 aromatic carbocycles. The molecule has 0 aliphatic carbocycles. The van der Waals surface area contributed by atoms with E-state index in [0.717, 1.165) is 0 Å². The molecule has 1 amide bonds. The van der Waals surface area contributed by atoms with Crippen LogP contribution >= 0.6 is 11.6 Å². The van der Waals surface area contributed by atoms with Crippen LogP contribution < -0.4 is 14.9 Å². The molecule has 2 aromatic rings. The van der Waals surface area contributed by atoms with Crippen molar-refractivity contribution in [3.05, 3.63) is 58.6 Å². The number of nitrogens with zero attached hydrogens (tertiary/aromatic N) is 1. The number of rotatable bonds is 5. The Balaban J connectivity index is 2.07. The maximum absolute atomic E-state index is 12.0. The van der Waals surface area contributed by atoms with Crippen LogP contribution in [0.3, 0.4) is 0 Å². The van der Waals surface area contributed by atoms with Crippen LogP contribution in [0.4, 0.5) is 4.79 Å². The quantitative estimate of drug-likeness (QED) is 0.382. The molecular weight excluding hydrogens is 348 g/mol. The van der Waals surface area contributed by atoms with E-state index in [1.54, 1.807) is 36.4 Å². The number of benzene rings is 2. The molecule has 0 heterocycles. The highest BCUT2D eigenvalue weighted by Crippen LogP contribution is 2.27. The molecule has 0 aromatic heterocycles. The third-order valence-electron chi connectivity index (χ3n) is 3.05. The summed E-state index contributed by atoms with van der Waals surface area (Å²) >= 11 is 5.94. The summed E-state index contributed by atoms with van der Waals surface area (Å²) in [7, 11) is 2.64. The molecule has 0 aliphatic rings. The molecule has 7 nitrogen and oxygen atoms in total. The van der Waals surface area contributed by atoms with Crippen LogP contribution in [-0.4, -0.2) is 32.5 Å². The van der Waals surface area contributed by atoms with Gasteiger partial charge in [-0.25, -0.2) is 10.2 Å². The van der Waals surface area contributed by atoms with E-state index in [2.05, 4.69) is 15.3 Å². The molecule has 130 valence electrons. The van der Waals surface area contributed by atoms with Crippen molar-refractivity contribution in [1.82, 2.24) is 5.43 Å². The van der Waals surface area contributed by atoms with Gasteiger partial charge in [0.25, 0.3) is 5.91 Å². The number of carbonyl (C=O) groups excluding carboxylic acids is 2. The van der Waals surface area contributed by atoms with Gasteiger partial charge in [-0.05, 0) is 35.9 Å². The summed E-state index contributed by atoms with van der Waals surface area (Å²) in [4.78, 5) is 23.1. The summed E-state index contributed by atoms with van der Waals surface area (Å²) in [5.41, 5.74) is 3.32. The smallest absolute Gasteiger partial charge is 0.493 e. The topological polar surface area (TPSA) is 86.2 Å². The Morgan fingerprint density at radius 1 is 1.12 bits per heavy atom. The molecule has 0 unspecified atom stereocenters. The number of ether oxygens (including phenoxy) is 3. The van der Waals surface area contributed by atoms with Crippen molar-refractivity contribution in [2.24, 2.45) is 5.10 Å². The van der Waals surface area contributed by atoms with Crippen LogP contribution in [0.15, 0.2) is 47.6 Å². The molecule has 8 heteroatoms. The number of hydrazone groups is 1. The van der Waals surface area contributed by atoms with Crippen molar-refractivity contribution >= 4 is 29.9 Å². The van der Waals surface area contributed by atoms with Gasteiger partial charge >= 0.3 is 6.16 Å². The largest absolute Gasteiger partial charge is 0.513 e. The second-order valence-electron chi connectivity index (χ2n) is 4.65. The average molecular weight is 363 g/mol. The molecule has 0 fully saturated rings. The van der Waals surface area contributed by atoms with Crippen molar-refractivity contribution < 1.29 is 23.8 Å². The Labute approximate surface area is 149 Å². The first-order chi connectivity index (χ1) is 12.0. The van der Waals surface area contributed by atoms with Gasteiger partial charge in [-0.2, -0.15) is 5.10 Å². The van der Waals surface area contributed by atoms with Gasteiger partial charge in [0.15, 0.2) is 11.5 Å². The normalized spacial score (nSPS) is 10.4. The predicted octanol–water partition coefficient (Wildman–Crippen LogP) is 3.26. The molecule has 0 bridgehead atoms. The standard InChI is InChI=1S/C17H15ClN2O5/c1-23-15-9-11(7-8-14(15)25-17(22)24-2)10-19-20-16(21)12-5-3-4-6-13(12)18/h3-10H,1-2H3,(H,20,21)/b19-10-. The minimum Gasteiger partial charge on any atom is -0.493 e. The van der Waals surface area contributed by atoms with Gasteiger partial charge in [-0.15, -0.1) is 0 Å². The summed E-state index contributed by atoms with van der Waals surface area (Å²) in [6.45, 7) is 0. The van der Waals surface area contributed by atoms with Crippen LogP contribution in [0, 0.1) is 0 Å². The molecule has 0 aliphatic heterocycles. The molecule has 1 N–H and O–H groups in total. The van der Waals surface area contributed by atoms with Crippen LogP contribution in [0.5, 0.6) is 11.5 Å². The lowest BCUT2D eigenvalue weighted by atomic mass is 10.2. The number of carbonyl (C=O) groups is 2. The first-order valence-electron chi connectivity index (χ1n) is 7.07. The number of halogens is 1. The fourth-order valence-electron chi connectivity index (χ4n) is 1.85. The Hall–Kier alpha value is -3.06. The van der Waals surface area contributed by atoms with Gasteiger partial charge in [0, 0.05) is 0 Å². The van der Waals surface area contributed by atoms with Crippen molar-refractivity contribution in [3.63, 3.8) is 0 Å². The fraction of sp³-hybridized carbons (Fsp3) is 0.118. The Morgan fingerprint density at radius 3 is 2.56 bits per heavy atom. The Morgan fingerprint density at radius 2 is 1.88 bits per heavy atom. The zero-order chi connectivity index (χ0) is 18.2. The number of hydrogen-bond acceptors (Lipinski definition) is 6. The van der Waals surface area contributed by atoms with E-state index in [1.807, 2.05) is 0 Å². The molecule has 0 saturated carbocycles. The van der Waals surface area contributed by atoms with Crippen LogP contribution in [-0.2, 0) is 4.74 Å². The summed E-state index contributed by atoms with van der Waals surface area (Å²) in [6.07, 6.45) is 0.561. The van der Waals surface area contributed by atoms with Crippen LogP contribution in [0.2, 0.25) is 5.02 Å². The third kappa shape index (κ3) is 4.95. The lowest BCUT2D eigenvalue weighted by molar-refractivity contribution is 0.0955. The van der Waals surface area contributed by atoms with Crippen LogP contribution in [0.25, 0.3) is 0 Å². The van der Waals surface area contributed by atoms with E-state index < -0.39 is 12.1 Å². The Bertz CT molecular complexity index is 807. The van der Waals surface area contributed by atoms with Gasteiger partial charge in [0.1, 0.15) is 0 Å². The number of hydrogen-bond donors (Lipinski definition) is 1. The summed E-state index contributed by atoms with van der Waals surface area (Å²) in [5, 5.41) is 4.20. The highest BCUT2D eigenvalue weighted by atomic mass is 35.5. The van der Waals surface area contributed by atoms with Gasteiger partial charge < -0.3 is 14.2 Å². The Kier molecular flexibility index (Phi) is 6.36. The second kappa shape index (κ2) is 8.70. The van der Waals surface area contributed by atoms with Crippen molar-refractivity contribution in [3.8, 4) is 11.5 Å². The highest BCUT2D eigenvalue weighted by molar-refractivity contribution is 6.33.